The molecule has 0 aliphatic carbocycles. The molecule has 0 amide bonds. The van der Waals surface area contributed by atoms with Gasteiger partial charge in [0.2, 0.25) is 0 Å². The maximum atomic E-state index is 11.7. The van der Waals surface area contributed by atoms with Gasteiger partial charge >= 0.3 is 5.97 Å². The third kappa shape index (κ3) is 3.89. The SMILES string of the molecule is CC(Sc1nccn1C)C(=O)OC(C)(C)C. The second kappa shape index (κ2) is 4.91. The van der Waals surface area contributed by atoms with Crippen molar-refractivity contribution in [1.29, 1.82) is 0 Å². The van der Waals surface area contributed by atoms with Crippen LogP contribution in [-0.4, -0.2) is 26.4 Å². The molecule has 5 heteroatoms. The monoisotopic (exact) mass is 242 g/mol. The van der Waals surface area contributed by atoms with E-state index in [9.17, 15) is 4.79 Å². The van der Waals surface area contributed by atoms with Crippen molar-refractivity contribution in [1.82, 2.24) is 9.55 Å². The quantitative estimate of drug-likeness (QED) is 0.602. The molecule has 1 heterocycles. The Balaban J connectivity index is 2.56. The van der Waals surface area contributed by atoms with E-state index in [2.05, 4.69) is 4.98 Å². The summed E-state index contributed by atoms with van der Waals surface area (Å²) in [5, 5.41) is 0.568. The summed E-state index contributed by atoms with van der Waals surface area (Å²) in [4.78, 5) is 15.9. The highest BCUT2D eigenvalue weighted by atomic mass is 32.2. The van der Waals surface area contributed by atoms with Crippen molar-refractivity contribution in [3.63, 3.8) is 0 Å². The first-order valence-electron chi connectivity index (χ1n) is 5.16. The lowest BCUT2D eigenvalue weighted by Crippen LogP contribution is -2.29. The van der Waals surface area contributed by atoms with Crippen LogP contribution in [0.3, 0.4) is 0 Å². The Morgan fingerprint density at radius 1 is 1.56 bits per heavy atom. The Morgan fingerprint density at radius 3 is 2.62 bits per heavy atom. The van der Waals surface area contributed by atoms with E-state index in [0.717, 1.165) is 5.16 Å². The fraction of sp³-hybridized carbons (Fsp3) is 0.636. The van der Waals surface area contributed by atoms with Crippen LogP contribution in [0.2, 0.25) is 0 Å². The van der Waals surface area contributed by atoms with E-state index in [1.54, 1.807) is 6.20 Å². The average Bonchev–Trinajstić information content (AvgIpc) is 2.49. The van der Waals surface area contributed by atoms with Crippen LogP contribution in [0.4, 0.5) is 0 Å². The molecular weight excluding hydrogens is 224 g/mol. The van der Waals surface area contributed by atoms with Gasteiger partial charge in [0.25, 0.3) is 0 Å². The standard InChI is InChI=1S/C11H18N2O2S/c1-8(9(14)15-11(2,3)4)16-10-12-6-7-13(10)5/h6-8H,1-5H3. The summed E-state index contributed by atoms with van der Waals surface area (Å²) in [5.74, 6) is -0.208. The number of carbonyl (C=O) groups is 1. The Hall–Kier alpha value is -0.970. The fourth-order valence-corrected chi connectivity index (χ4v) is 1.87. The average molecular weight is 242 g/mol. The lowest BCUT2D eigenvalue weighted by Gasteiger charge is -2.21. The normalized spacial score (nSPS) is 13.6. The zero-order valence-electron chi connectivity index (χ0n) is 10.4. The maximum Gasteiger partial charge on any atom is 0.319 e. The molecule has 1 rings (SSSR count). The summed E-state index contributed by atoms with van der Waals surface area (Å²) < 4.78 is 7.17. The number of thioether (sulfide) groups is 1. The molecule has 0 spiro atoms. The predicted molar refractivity (Wildman–Crippen MR) is 64.4 cm³/mol. The molecule has 0 saturated carbocycles. The molecule has 0 radical (unpaired) electrons. The van der Waals surface area contributed by atoms with Gasteiger partial charge < -0.3 is 9.30 Å². The van der Waals surface area contributed by atoms with Gasteiger partial charge in [-0.1, -0.05) is 11.8 Å². The number of hydrogen-bond donors (Lipinski definition) is 0. The van der Waals surface area contributed by atoms with Crippen LogP contribution in [0.15, 0.2) is 17.6 Å². The van der Waals surface area contributed by atoms with E-state index >= 15 is 0 Å². The smallest absolute Gasteiger partial charge is 0.319 e. The number of nitrogens with zero attached hydrogens (tertiary/aromatic N) is 2. The van der Waals surface area contributed by atoms with Gasteiger partial charge in [0.1, 0.15) is 10.9 Å². The Kier molecular flexibility index (Phi) is 4.02. The zero-order chi connectivity index (χ0) is 12.3. The number of esters is 1. The molecule has 16 heavy (non-hydrogen) atoms. The van der Waals surface area contributed by atoms with Crippen molar-refractivity contribution < 1.29 is 9.53 Å². The summed E-state index contributed by atoms with van der Waals surface area (Å²) in [7, 11) is 1.90. The van der Waals surface area contributed by atoms with Crippen LogP contribution in [0.25, 0.3) is 0 Å². The highest BCUT2D eigenvalue weighted by Gasteiger charge is 2.23. The van der Waals surface area contributed by atoms with E-state index in [1.165, 1.54) is 11.8 Å². The van der Waals surface area contributed by atoms with Crippen LogP contribution in [0.5, 0.6) is 0 Å². The molecule has 0 aliphatic heterocycles. The molecule has 0 N–H and O–H groups in total. The molecule has 0 aromatic carbocycles. The number of hydrogen-bond acceptors (Lipinski definition) is 4. The van der Waals surface area contributed by atoms with Crippen molar-refractivity contribution in [2.24, 2.45) is 7.05 Å². The summed E-state index contributed by atoms with van der Waals surface area (Å²) in [6.45, 7) is 7.42. The van der Waals surface area contributed by atoms with E-state index in [4.69, 9.17) is 4.74 Å². The second-order valence-corrected chi connectivity index (χ2v) is 5.92. The molecule has 1 aromatic rings. The Morgan fingerprint density at radius 2 is 2.19 bits per heavy atom. The Bertz CT molecular complexity index is 368. The van der Waals surface area contributed by atoms with Gasteiger partial charge in [0.05, 0.1) is 0 Å². The van der Waals surface area contributed by atoms with Gasteiger partial charge in [-0.15, -0.1) is 0 Å². The first-order valence-corrected chi connectivity index (χ1v) is 6.04. The topological polar surface area (TPSA) is 44.1 Å². The van der Waals surface area contributed by atoms with Crippen molar-refractivity contribution >= 4 is 17.7 Å². The first kappa shape index (κ1) is 13.1. The number of rotatable bonds is 3. The second-order valence-electron chi connectivity index (χ2n) is 4.61. The molecule has 0 fully saturated rings. The lowest BCUT2D eigenvalue weighted by molar-refractivity contribution is -0.153. The van der Waals surface area contributed by atoms with Gasteiger partial charge in [-0.2, -0.15) is 0 Å². The molecule has 1 atom stereocenters. The van der Waals surface area contributed by atoms with Gasteiger partial charge in [-0.3, -0.25) is 4.79 Å². The van der Waals surface area contributed by atoms with E-state index in [1.807, 2.05) is 45.5 Å². The maximum absolute atomic E-state index is 11.7. The van der Waals surface area contributed by atoms with E-state index in [-0.39, 0.29) is 11.2 Å². The summed E-state index contributed by atoms with van der Waals surface area (Å²) in [5.41, 5.74) is -0.437. The highest BCUT2D eigenvalue weighted by molar-refractivity contribution is 8.00. The van der Waals surface area contributed by atoms with Crippen LogP contribution in [-0.2, 0) is 16.6 Å². The molecule has 0 aliphatic rings. The van der Waals surface area contributed by atoms with Gasteiger partial charge in [-0.25, -0.2) is 4.98 Å². The number of carbonyl (C=O) groups excluding carboxylic acids is 1. The highest BCUT2D eigenvalue weighted by Crippen LogP contribution is 2.23. The Labute approximate surface area is 100 Å². The van der Waals surface area contributed by atoms with Crippen molar-refractivity contribution in [2.75, 3.05) is 0 Å². The van der Waals surface area contributed by atoms with Crippen LogP contribution in [0, 0.1) is 0 Å². The van der Waals surface area contributed by atoms with Gasteiger partial charge in [-0.05, 0) is 27.7 Å². The molecule has 1 unspecified atom stereocenters. The molecule has 90 valence electrons. The van der Waals surface area contributed by atoms with Crippen molar-refractivity contribution in [2.45, 2.75) is 43.7 Å². The first-order chi connectivity index (χ1) is 7.29. The van der Waals surface area contributed by atoms with Crippen LogP contribution in [0.1, 0.15) is 27.7 Å². The molecular formula is C11H18N2O2S. The van der Waals surface area contributed by atoms with Gasteiger partial charge in [0, 0.05) is 19.4 Å². The number of aromatic nitrogens is 2. The third-order valence-electron chi connectivity index (χ3n) is 1.80. The minimum atomic E-state index is -0.437. The van der Waals surface area contributed by atoms with Gasteiger partial charge in [0.15, 0.2) is 5.16 Å². The summed E-state index contributed by atoms with van der Waals surface area (Å²) >= 11 is 1.40. The van der Waals surface area contributed by atoms with Crippen LogP contribution < -0.4 is 0 Å². The molecule has 1 aromatic heterocycles. The number of imidazole rings is 1. The largest absolute Gasteiger partial charge is 0.459 e. The van der Waals surface area contributed by atoms with Crippen LogP contribution >= 0.6 is 11.8 Å². The van der Waals surface area contributed by atoms with E-state index in [0.29, 0.717) is 0 Å². The third-order valence-corrected chi connectivity index (χ3v) is 2.95. The minimum absolute atomic E-state index is 0.208. The summed E-state index contributed by atoms with van der Waals surface area (Å²) in [6.07, 6.45) is 3.56. The minimum Gasteiger partial charge on any atom is -0.459 e. The molecule has 0 saturated heterocycles. The van der Waals surface area contributed by atoms with Crippen molar-refractivity contribution in [3.05, 3.63) is 12.4 Å². The molecule has 4 nitrogen and oxygen atoms in total. The fourth-order valence-electron chi connectivity index (χ4n) is 1.06. The lowest BCUT2D eigenvalue weighted by atomic mass is 10.2. The van der Waals surface area contributed by atoms with Crippen molar-refractivity contribution in [3.8, 4) is 0 Å². The molecule has 0 bridgehead atoms. The number of aryl methyl sites for hydroxylation is 1. The predicted octanol–water partition coefficient (Wildman–Crippen LogP) is 2.24. The number of ether oxygens (including phenoxy) is 1. The zero-order valence-corrected chi connectivity index (χ0v) is 11.2. The van der Waals surface area contributed by atoms with E-state index < -0.39 is 5.60 Å². The summed E-state index contributed by atoms with van der Waals surface area (Å²) in [6, 6.07) is 0.